The number of rotatable bonds is 6. The molecule has 6 nitrogen and oxygen atoms in total. The molecule has 2 aromatic rings. The quantitative estimate of drug-likeness (QED) is 0.626. The maximum atomic E-state index is 13.7. The number of nitrogens with zero attached hydrogens (tertiary/aromatic N) is 1. The van der Waals surface area contributed by atoms with Crippen LogP contribution >= 0.6 is 0 Å². The van der Waals surface area contributed by atoms with Crippen LogP contribution in [0, 0.1) is 15.9 Å². The van der Waals surface area contributed by atoms with Crippen molar-refractivity contribution < 1.29 is 18.8 Å². The number of nitro benzene ring substituents is 1. The van der Waals surface area contributed by atoms with Gasteiger partial charge in [0.15, 0.2) is 6.10 Å². The maximum absolute atomic E-state index is 13.7. The van der Waals surface area contributed by atoms with Crippen LogP contribution in [0.3, 0.4) is 0 Å². The van der Waals surface area contributed by atoms with Crippen LogP contribution in [0.4, 0.5) is 15.8 Å². The van der Waals surface area contributed by atoms with E-state index in [0.29, 0.717) is 11.7 Å². The van der Waals surface area contributed by atoms with Gasteiger partial charge in [-0.1, -0.05) is 26.0 Å². The molecule has 0 saturated carbocycles. The summed E-state index contributed by atoms with van der Waals surface area (Å²) in [7, 11) is 0. The summed E-state index contributed by atoms with van der Waals surface area (Å²) in [6.07, 6.45) is -0.899. The average molecular weight is 346 g/mol. The van der Waals surface area contributed by atoms with Gasteiger partial charge in [-0.2, -0.15) is 0 Å². The number of ether oxygens (including phenoxy) is 1. The zero-order chi connectivity index (χ0) is 18.6. The predicted molar refractivity (Wildman–Crippen MR) is 92.3 cm³/mol. The second-order valence-corrected chi connectivity index (χ2v) is 5.89. The first kappa shape index (κ1) is 18.4. The van der Waals surface area contributed by atoms with Crippen LogP contribution in [0.1, 0.15) is 32.3 Å². The van der Waals surface area contributed by atoms with Gasteiger partial charge in [0.1, 0.15) is 11.6 Å². The lowest BCUT2D eigenvalue weighted by Crippen LogP contribution is -2.30. The smallest absolute Gasteiger partial charge is 0.271 e. The molecule has 2 rings (SSSR count). The Morgan fingerprint density at radius 3 is 2.36 bits per heavy atom. The monoisotopic (exact) mass is 346 g/mol. The van der Waals surface area contributed by atoms with E-state index < -0.39 is 22.8 Å². The number of carbonyl (C=O) groups is 1. The Hall–Kier alpha value is -2.96. The number of benzene rings is 2. The van der Waals surface area contributed by atoms with E-state index in [2.05, 4.69) is 19.2 Å². The van der Waals surface area contributed by atoms with E-state index in [4.69, 9.17) is 4.74 Å². The van der Waals surface area contributed by atoms with Crippen LogP contribution in [-0.4, -0.2) is 16.9 Å². The van der Waals surface area contributed by atoms with Gasteiger partial charge in [-0.05, 0) is 36.6 Å². The van der Waals surface area contributed by atoms with E-state index >= 15 is 0 Å². The fourth-order valence-corrected chi connectivity index (χ4v) is 2.15. The third-order valence-electron chi connectivity index (χ3n) is 3.65. The molecule has 1 atom stereocenters. The molecular formula is C18H19FN2O4. The molecule has 132 valence electrons. The van der Waals surface area contributed by atoms with Crippen molar-refractivity contribution in [2.24, 2.45) is 0 Å². The van der Waals surface area contributed by atoms with E-state index in [0.717, 1.165) is 23.8 Å². The molecule has 2 aromatic carbocycles. The van der Waals surface area contributed by atoms with Gasteiger partial charge >= 0.3 is 0 Å². The molecule has 0 fully saturated rings. The molecule has 0 saturated heterocycles. The van der Waals surface area contributed by atoms with Gasteiger partial charge in [-0.25, -0.2) is 4.39 Å². The average Bonchev–Trinajstić information content (AvgIpc) is 2.57. The molecule has 0 aliphatic rings. The van der Waals surface area contributed by atoms with Crippen LogP contribution < -0.4 is 10.1 Å². The lowest BCUT2D eigenvalue weighted by atomic mass is 10.0. The van der Waals surface area contributed by atoms with Crippen LogP contribution in [0.25, 0.3) is 0 Å². The number of hydrogen-bond donors (Lipinski definition) is 1. The fraction of sp³-hybridized carbons (Fsp3) is 0.278. The zero-order valence-corrected chi connectivity index (χ0v) is 14.2. The number of anilines is 1. The van der Waals surface area contributed by atoms with Gasteiger partial charge < -0.3 is 10.1 Å². The fourth-order valence-electron chi connectivity index (χ4n) is 2.15. The Kier molecular flexibility index (Phi) is 5.69. The van der Waals surface area contributed by atoms with Crippen molar-refractivity contribution in [2.45, 2.75) is 32.8 Å². The van der Waals surface area contributed by atoms with E-state index in [1.54, 1.807) is 12.1 Å². The lowest BCUT2D eigenvalue weighted by Gasteiger charge is -2.15. The molecule has 0 heterocycles. The van der Waals surface area contributed by atoms with Gasteiger partial charge in [-0.3, -0.25) is 14.9 Å². The van der Waals surface area contributed by atoms with Crippen LogP contribution in [-0.2, 0) is 4.79 Å². The number of nitro groups is 1. The van der Waals surface area contributed by atoms with Gasteiger partial charge in [-0.15, -0.1) is 0 Å². The molecule has 0 aliphatic carbocycles. The van der Waals surface area contributed by atoms with Gasteiger partial charge in [0.2, 0.25) is 0 Å². The third kappa shape index (κ3) is 4.76. The van der Waals surface area contributed by atoms with Crippen molar-refractivity contribution in [2.75, 3.05) is 5.32 Å². The first-order valence-corrected chi connectivity index (χ1v) is 7.79. The second kappa shape index (κ2) is 7.74. The number of hydrogen-bond acceptors (Lipinski definition) is 4. The lowest BCUT2D eigenvalue weighted by molar-refractivity contribution is -0.384. The van der Waals surface area contributed by atoms with E-state index in [9.17, 15) is 19.3 Å². The highest BCUT2D eigenvalue weighted by Gasteiger charge is 2.18. The zero-order valence-electron chi connectivity index (χ0n) is 14.2. The minimum Gasteiger partial charge on any atom is -0.481 e. The summed E-state index contributed by atoms with van der Waals surface area (Å²) < 4.78 is 19.3. The molecule has 0 radical (unpaired) electrons. The van der Waals surface area contributed by atoms with Crippen LogP contribution in [0.2, 0.25) is 0 Å². The molecule has 1 N–H and O–H groups in total. The van der Waals surface area contributed by atoms with Crippen molar-refractivity contribution in [3.05, 3.63) is 64.0 Å². The molecule has 0 aliphatic heterocycles. The van der Waals surface area contributed by atoms with Crippen molar-refractivity contribution in [3.8, 4) is 5.75 Å². The normalized spacial score (nSPS) is 11.9. The number of amides is 1. The van der Waals surface area contributed by atoms with Crippen molar-refractivity contribution in [1.29, 1.82) is 0 Å². The molecule has 7 heteroatoms. The van der Waals surface area contributed by atoms with Gasteiger partial charge in [0.05, 0.1) is 10.6 Å². The van der Waals surface area contributed by atoms with Crippen molar-refractivity contribution in [1.82, 2.24) is 0 Å². The standard InChI is InChI=1S/C18H19FN2O4/c1-11(2)13-4-7-15(8-5-13)25-12(3)18(22)20-17-10-14(21(23)24)6-9-16(17)19/h4-12H,1-3H3,(H,20,22). The topological polar surface area (TPSA) is 81.5 Å². The summed E-state index contributed by atoms with van der Waals surface area (Å²) in [6, 6.07) is 10.3. The van der Waals surface area contributed by atoms with Gasteiger partial charge in [0, 0.05) is 12.1 Å². The Morgan fingerprint density at radius 2 is 1.80 bits per heavy atom. The highest BCUT2D eigenvalue weighted by Crippen LogP contribution is 2.22. The number of carbonyl (C=O) groups excluding carboxylic acids is 1. The Bertz CT molecular complexity index is 775. The first-order valence-electron chi connectivity index (χ1n) is 7.79. The first-order chi connectivity index (χ1) is 11.8. The van der Waals surface area contributed by atoms with Crippen molar-refractivity contribution in [3.63, 3.8) is 0 Å². The SMILES string of the molecule is CC(Oc1ccc(C(C)C)cc1)C(=O)Nc1cc([N+](=O)[O-])ccc1F. The van der Waals surface area contributed by atoms with E-state index in [-0.39, 0.29) is 11.4 Å². The summed E-state index contributed by atoms with van der Waals surface area (Å²) in [5.74, 6) is -0.474. The highest BCUT2D eigenvalue weighted by molar-refractivity contribution is 5.94. The number of nitrogens with one attached hydrogen (secondary N) is 1. The van der Waals surface area contributed by atoms with E-state index in [1.807, 2.05) is 12.1 Å². The van der Waals surface area contributed by atoms with Crippen LogP contribution in [0.15, 0.2) is 42.5 Å². The number of halogens is 1. The molecule has 0 bridgehead atoms. The molecule has 1 amide bonds. The molecule has 0 aromatic heterocycles. The second-order valence-electron chi connectivity index (χ2n) is 5.89. The summed E-state index contributed by atoms with van der Waals surface area (Å²) in [4.78, 5) is 22.2. The minimum absolute atomic E-state index is 0.259. The highest BCUT2D eigenvalue weighted by atomic mass is 19.1. The summed E-state index contributed by atoms with van der Waals surface area (Å²) in [6.45, 7) is 5.65. The Labute approximate surface area is 144 Å². The predicted octanol–water partition coefficient (Wildman–Crippen LogP) is 4.26. The van der Waals surface area contributed by atoms with Crippen LogP contribution in [0.5, 0.6) is 5.75 Å². The third-order valence-corrected chi connectivity index (χ3v) is 3.65. The Morgan fingerprint density at radius 1 is 1.16 bits per heavy atom. The van der Waals surface area contributed by atoms with Gasteiger partial charge in [0.25, 0.3) is 11.6 Å². The summed E-state index contributed by atoms with van der Waals surface area (Å²) in [5, 5.41) is 13.1. The molecule has 1 unspecified atom stereocenters. The van der Waals surface area contributed by atoms with E-state index in [1.165, 1.54) is 6.92 Å². The summed E-state index contributed by atoms with van der Waals surface area (Å²) >= 11 is 0. The Balaban J connectivity index is 2.05. The molecule has 0 spiro atoms. The number of non-ortho nitro benzene ring substituents is 1. The van der Waals surface area contributed by atoms with Crippen molar-refractivity contribution >= 4 is 17.3 Å². The molecular weight excluding hydrogens is 327 g/mol. The summed E-state index contributed by atoms with van der Waals surface area (Å²) in [5.41, 5.74) is 0.572. The largest absolute Gasteiger partial charge is 0.481 e. The minimum atomic E-state index is -0.899. The maximum Gasteiger partial charge on any atom is 0.271 e. The molecule has 25 heavy (non-hydrogen) atoms.